The molecule has 1 aliphatic rings. The van der Waals surface area contributed by atoms with Crippen LogP contribution in [-0.2, 0) is 10.2 Å². The summed E-state index contributed by atoms with van der Waals surface area (Å²) in [6.45, 7) is 12.0. The lowest BCUT2D eigenvalue weighted by molar-refractivity contribution is -0.0274. The molecule has 118 valence electrons. The third-order valence-corrected chi connectivity index (χ3v) is 4.65. The molecule has 21 heavy (non-hydrogen) atoms. The summed E-state index contributed by atoms with van der Waals surface area (Å²) in [7, 11) is 0. The first-order valence-electron chi connectivity index (χ1n) is 7.90. The maximum atomic E-state index is 10.5. The molecule has 2 N–H and O–H groups in total. The van der Waals surface area contributed by atoms with E-state index in [0.717, 1.165) is 0 Å². The number of rotatable bonds is 4. The summed E-state index contributed by atoms with van der Waals surface area (Å²) in [5.74, 6) is 0. The van der Waals surface area contributed by atoms with Crippen molar-refractivity contribution < 1.29 is 9.84 Å². The lowest BCUT2D eigenvalue weighted by atomic mass is 9.86. The topological polar surface area (TPSA) is 41.5 Å². The summed E-state index contributed by atoms with van der Waals surface area (Å²) in [6, 6.07) is 8.97. The number of hydrogen-bond acceptors (Lipinski definition) is 3. The van der Waals surface area contributed by atoms with E-state index in [-0.39, 0.29) is 17.6 Å². The molecular weight excluding hydrogens is 262 g/mol. The van der Waals surface area contributed by atoms with Gasteiger partial charge in [-0.15, -0.1) is 0 Å². The van der Waals surface area contributed by atoms with E-state index in [1.165, 1.54) is 11.1 Å². The molecule has 3 heteroatoms. The van der Waals surface area contributed by atoms with Crippen LogP contribution < -0.4 is 5.32 Å². The van der Waals surface area contributed by atoms with Gasteiger partial charge >= 0.3 is 0 Å². The highest BCUT2D eigenvalue weighted by Gasteiger charge is 2.39. The van der Waals surface area contributed by atoms with Crippen LogP contribution in [0.4, 0.5) is 0 Å². The standard InChI is InChI=1S/C18H29NO2/c1-13(19-12-18(20)10-11-21-14(18)2)15-6-8-16(9-7-15)17(3,4)5/h6-9,13-14,19-20H,10-12H2,1-5H3. The minimum atomic E-state index is -0.736. The van der Waals surface area contributed by atoms with E-state index in [1.807, 2.05) is 6.92 Å². The molecule has 0 saturated carbocycles. The van der Waals surface area contributed by atoms with Crippen molar-refractivity contribution in [2.75, 3.05) is 13.2 Å². The van der Waals surface area contributed by atoms with Gasteiger partial charge in [-0.2, -0.15) is 0 Å². The molecular formula is C18H29NO2. The van der Waals surface area contributed by atoms with Gasteiger partial charge in [-0.1, -0.05) is 45.0 Å². The van der Waals surface area contributed by atoms with Gasteiger partial charge in [0.2, 0.25) is 0 Å². The molecule has 1 aliphatic heterocycles. The smallest absolute Gasteiger partial charge is 0.105 e. The third kappa shape index (κ3) is 3.85. The summed E-state index contributed by atoms with van der Waals surface area (Å²) in [5.41, 5.74) is 2.04. The summed E-state index contributed by atoms with van der Waals surface area (Å²) < 4.78 is 5.47. The summed E-state index contributed by atoms with van der Waals surface area (Å²) >= 11 is 0. The van der Waals surface area contributed by atoms with Crippen molar-refractivity contribution in [2.24, 2.45) is 0 Å². The highest BCUT2D eigenvalue weighted by atomic mass is 16.5. The van der Waals surface area contributed by atoms with Crippen LogP contribution in [0, 0.1) is 0 Å². The molecule has 0 bridgehead atoms. The predicted octanol–water partition coefficient (Wildman–Crippen LogP) is 3.17. The van der Waals surface area contributed by atoms with Crippen molar-refractivity contribution >= 4 is 0 Å². The molecule has 0 radical (unpaired) electrons. The van der Waals surface area contributed by atoms with Crippen LogP contribution in [0.1, 0.15) is 58.2 Å². The van der Waals surface area contributed by atoms with E-state index in [9.17, 15) is 5.11 Å². The minimum absolute atomic E-state index is 0.0968. The highest BCUT2D eigenvalue weighted by molar-refractivity contribution is 5.29. The first-order valence-corrected chi connectivity index (χ1v) is 7.90. The van der Waals surface area contributed by atoms with E-state index < -0.39 is 5.60 Å². The van der Waals surface area contributed by atoms with Gasteiger partial charge in [-0.3, -0.25) is 0 Å². The molecule has 0 amide bonds. The van der Waals surface area contributed by atoms with E-state index >= 15 is 0 Å². The molecule has 3 nitrogen and oxygen atoms in total. The van der Waals surface area contributed by atoms with Crippen molar-refractivity contribution in [3.8, 4) is 0 Å². The second kappa shape index (κ2) is 6.07. The van der Waals surface area contributed by atoms with Crippen LogP contribution in [0.5, 0.6) is 0 Å². The molecule has 0 spiro atoms. The zero-order valence-electron chi connectivity index (χ0n) is 13.9. The molecule has 0 aromatic heterocycles. The zero-order chi connectivity index (χ0) is 15.7. The number of hydrogen-bond donors (Lipinski definition) is 2. The van der Waals surface area contributed by atoms with E-state index in [4.69, 9.17) is 4.74 Å². The highest BCUT2D eigenvalue weighted by Crippen LogP contribution is 2.27. The fraction of sp³-hybridized carbons (Fsp3) is 0.667. The number of ether oxygens (including phenoxy) is 1. The van der Waals surface area contributed by atoms with E-state index in [2.05, 4.69) is 57.3 Å². The number of benzene rings is 1. The quantitative estimate of drug-likeness (QED) is 0.895. The van der Waals surface area contributed by atoms with Crippen molar-refractivity contribution in [3.63, 3.8) is 0 Å². The van der Waals surface area contributed by atoms with Crippen LogP contribution in [0.3, 0.4) is 0 Å². The molecule has 1 fully saturated rings. The summed E-state index contributed by atoms with van der Waals surface area (Å²) in [4.78, 5) is 0. The Labute approximate surface area is 128 Å². The third-order valence-electron chi connectivity index (χ3n) is 4.65. The van der Waals surface area contributed by atoms with Gasteiger partial charge in [0.1, 0.15) is 5.60 Å². The molecule has 1 aromatic carbocycles. The van der Waals surface area contributed by atoms with Crippen LogP contribution >= 0.6 is 0 Å². The SMILES string of the molecule is CC(NCC1(O)CCOC1C)c1ccc(C(C)(C)C)cc1. The monoisotopic (exact) mass is 291 g/mol. The molecule has 2 rings (SSSR count). The van der Waals surface area contributed by atoms with E-state index in [0.29, 0.717) is 19.6 Å². The van der Waals surface area contributed by atoms with Crippen LogP contribution in [-0.4, -0.2) is 30.0 Å². The maximum absolute atomic E-state index is 10.5. The molecule has 1 heterocycles. The summed E-state index contributed by atoms with van der Waals surface area (Å²) in [5, 5.41) is 14.0. The Hall–Kier alpha value is -0.900. The lowest BCUT2D eigenvalue weighted by Gasteiger charge is -2.28. The Morgan fingerprint density at radius 1 is 1.33 bits per heavy atom. The molecule has 1 saturated heterocycles. The largest absolute Gasteiger partial charge is 0.386 e. The Morgan fingerprint density at radius 2 is 1.95 bits per heavy atom. The first-order chi connectivity index (χ1) is 9.72. The number of nitrogens with one attached hydrogen (secondary N) is 1. The summed E-state index contributed by atoms with van der Waals surface area (Å²) in [6.07, 6.45) is 0.608. The Balaban J connectivity index is 1.96. The Bertz CT molecular complexity index is 463. The van der Waals surface area contributed by atoms with Crippen molar-refractivity contribution in [1.82, 2.24) is 5.32 Å². The van der Waals surface area contributed by atoms with Gasteiger partial charge < -0.3 is 15.2 Å². The van der Waals surface area contributed by atoms with Gasteiger partial charge in [0.05, 0.1) is 6.10 Å². The minimum Gasteiger partial charge on any atom is -0.386 e. The Morgan fingerprint density at radius 3 is 2.43 bits per heavy atom. The van der Waals surface area contributed by atoms with Crippen LogP contribution in [0.2, 0.25) is 0 Å². The fourth-order valence-electron chi connectivity index (χ4n) is 2.72. The Kier molecular flexibility index (Phi) is 4.76. The average molecular weight is 291 g/mol. The zero-order valence-corrected chi connectivity index (χ0v) is 13.9. The van der Waals surface area contributed by atoms with Crippen molar-refractivity contribution in [1.29, 1.82) is 0 Å². The molecule has 1 aromatic rings. The van der Waals surface area contributed by atoms with Gasteiger partial charge in [0, 0.05) is 25.6 Å². The van der Waals surface area contributed by atoms with Gasteiger partial charge in [-0.25, -0.2) is 0 Å². The van der Waals surface area contributed by atoms with Crippen LogP contribution in [0.15, 0.2) is 24.3 Å². The predicted molar refractivity (Wildman–Crippen MR) is 86.5 cm³/mol. The van der Waals surface area contributed by atoms with Crippen molar-refractivity contribution in [2.45, 2.75) is 64.2 Å². The second-order valence-electron chi connectivity index (χ2n) is 7.34. The van der Waals surface area contributed by atoms with Gasteiger partial charge in [0.25, 0.3) is 0 Å². The van der Waals surface area contributed by atoms with Gasteiger partial charge in [0.15, 0.2) is 0 Å². The molecule has 3 atom stereocenters. The van der Waals surface area contributed by atoms with Crippen LogP contribution in [0.25, 0.3) is 0 Å². The second-order valence-corrected chi connectivity index (χ2v) is 7.34. The van der Waals surface area contributed by atoms with Crippen molar-refractivity contribution in [3.05, 3.63) is 35.4 Å². The number of aliphatic hydroxyl groups is 1. The lowest BCUT2D eigenvalue weighted by Crippen LogP contribution is -2.46. The average Bonchev–Trinajstić information content (AvgIpc) is 2.76. The first kappa shape index (κ1) is 16.5. The molecule has 3 unspecified atom stereocenters. The van der Waals surface area contributed by atoms with E-state index in [1.54, 1.807) is 0 Å². The normalized spacial score (nSPS) is 27.8. The molecule has 0 aliphatic carbocycles. The van der Waals surface area contributed by atoms with Gasteiger partial charge in [-0.05, 0) is 30.4 Å². The maximum Gasteiger partial charge on any atom is 0.105 e. The fourth-order valence-corrected chi connectivity index (χ4v) is 2.72.